The lowest BCUT2D eigenvalue weighted by molar-refractivity contribution is -0.140. The maximum absolute atomic E-state index is 12.3. The Morgan fingerprint density at radius 1 is 1.31 bits per heavy atom. The monoisotopic (exact) mass is 381 g/mol. The van der Waals surface area contributed by atoms with E-state index in [0.29, 0.717) is 29.4 Å². The Kier molecular flexibility index (Phi) is 7.26. The van der Waals surface area contributed by atoms with Crippen molar-refractivity contribution in [1.29, 1.82) is 0 Å². The Labute approximate surface area is 158 Å². The molecule has 1 saturated heterocycles. The summed E-state index contributed by atoms with van der Waals surface area (Å²) in [6.45, 7) is 0.462. The van der Waals surface area contributed by atoms with Gasteiger partial charge < -0.3 is 19.9 Å². The van der Waals surface area contributed by atoms with Crippen LogP contribution in [-0.2, 0) is 14.4 Å². The van der Waals surface area contributed by atoms with Gasteiger partial charge in [0.25, 0.3) is 0 Å². The standard InChI is InChI=1S/C18H24ClN3O4/c1-21(18(25)12-22-9-5-3-4-6-17(22)24)11-16(23)20-14-10-13(19)7-8-15(14)26-2/h7-8,10H,3-6,9,11-12H2,1-2H3,(H,20,23). The van der Waals surface area contributed by atoms with Gasteiger partial charge in [0, 0.05) is 25.0 Å². The van der Waals surface area contributed by atoms with Crippen molar-refractivity contribution in [2.45, 2.75) is 25.7 Å². The van der Waals surface area contributed by atoms with Crippen LogP contribution in [-0.4, -0.2) is 61.3 Å². The fraction of sp³-hybridized carbons (Fsp3) is 0.500. The lowest BCUT2D eigenvalue weighted by Crippen LogP contribution is -2.43. The second kappa shape index (κ2) is 9.43. The molecule has 7 nitrogen and oxygen atoms in total. The highest BCUT2D eigenvalue weighted by atomic mass is 35.5. The molecule has 1 aliphatic heterocycles. The zero-order chi connectivity index (χ0) is 19.1. The van der Waals surface area contributed by atoms with Crippen LogP contribution in [0.4, 0.5) is 5.69 Å². The number of halogens is 1. The van der Waals surface area contributed by atoms with Crippen LogP contribution < -0.4 is 10.1 Å². The third kappa shape index (κ3) is 5.62. The van der Waals surface area contributed by atoms with Gasteiger partial charge in [0.15, 0.2) is 0 Å². The summed E-state index contributed by atoms with van der Waals surface area (Å²) < 4.78 is 5.18. The van der Waals surface area contributed by atoms with Gasteiger partial charge >= 0.3 is 0 Å². The molecule has 0 aromatic heterocycles. The number of ether oxygens (including phenoxy) is 1. The fourth-order valence-corrected chi connectivity index (χ4v) is 2.93. The van der Waals surface area contributed by atoms with Crippen LogP contribution in [0.2, 0.25) is 5.02 Å². The molecule has 142 valence electrons. The van der Waals surface area contributed by atoms with Crippen LogP contribution in [0.3, 0.4) is 0 Å². The molecule has 0 unspecified atom stereocenters. The van der Waals surface area contributed by atoms with Crippen molar-refractivity contribution in [3.05, 3.63) is 23.2 Å². The number of hydrogen-bond donors (Lipinski definition) is 1. The molecule has 0 radical (unpaired) electrons. The van der Waals surface area contributed by atoms with Crippen molar-refractivity contribution in [1.82, 2.24) is 9.80 Å². The highest BCUT2D eigenvalue weighted by molar-refractivity contribution is 6.31. The van der Waals surface area contributed by atoms with Crippen molar-refractivity contribution in [2.24, 2.45) is 0 Å². The number of methoxy groups -OCH3 is 1. The molecular weight excluding hydrogens is 358 g/mol. The van der Waals surface area contributed by atoms with Gasteiger partial charge in [-0.15, -0.1) is 0 Å². The van der Waals surface area contributed by atoms with Crippen LogP contribution in [0.25, 0.3) is 0 Å². The first-order chi connectivity index (χ1) is 12.4. The average Bonchev–Trinajstić information content (AvgIpc) is 2.79. The minimum atomic E-state index is -0.372. The maximum Gasteiger partial charge on any atom is 0.244 e. The van der Waals surface area contributed by atoms with Gasteiger partial charge in [-0.05, 0) is 31.0 Å². The van der Waals surface area contributed by atoms with Gasteiger partial charge in [0.05, 0.1) is 25.9 Å². The van der Waals surface area contributed by atoms with Crippen molar-refractivity contribution in [3.8, 4) is 5.75 Å². The number of amides is 3. The third-order valence-corrected chi connectivity index (χ3v) is 4.47. The van der Waals surface area contributed by atoms with Crippen molar-refractivity contribution < 1.29 is 19.1 Å². The second-order valence-corrected chi connectivity index (χ2v) is 6.70. The van der Waals surface area contributed by atoms with Crippen LogP contribution >= 0.6 is 11.6 Å². The van der Waals surface area contributed by atoms with E-state index in [4.69, 9.17) is 16.3 Å². The summed E-state index contributed by atoms with van der Waals surface area (Å²) in [5.74, 6) is -0.165. The van der Waals surface area contributed by atoms with E-state index < -0.39 is 0 Å². The van der Waals surface area contributed by atoms with Crippen LogP contribution in [0, 0.1) is 0 Å². The summed E-state index contributed by atoms with van der Waals surface area (Å²) in [6.07, 6.45) is 3.24. The molecule has 1 aliphatic rings. The van der Waals surface area contributed by atoms with Gasteiger partial charge in [-0.2, -0.15) is 0 Å². The van der Waals surface area contributed by atoms with E-state index in [1.807, 2.05) is 0 Å². The molecule has 1 aromatic rings. The predicted molar refractivity (Wildman–Crippen MR) is 99.3 cm³/mol. The number of carbonyl (C=O) groups excluding carboxylic acids is 3. The predicted octanol–water partition coefficient (Wildman–Crippen LogP) is 2.15. The number of likely N-dealkylation sites (N-methyl/N-ethyl adjacent to an activating group) is 1. The number of anilines is 1. The number of nitrogens with one attached hydrogen (secondary N) is 1. The van der Waals surface area contributed by atoms with Crippen LogP contribution in [0.5, 0.6) is 5.75 Å². The first kappa shape index (κ1) is 20.0. The SMILES string of the molecule is COc1ccc(Cl)cc1NC(=O)CN(C)C(=O)CN1CCCCCC1=O. The fourth-order valence-electron chi connectivity index (χ4n) is 2.76. The Hall–Kier alpha value is -2.28. The molecule has 2 rings (SSSR count). The quantitative estimate of drug-likeness (QED) is 0.818. The summed E-state index contributed by atoms with van der Waals surface area (Å²) >= 11 is 5.94. The van der Waals surface area contributed by atoms with Gasteiger partial charge in [-0.25, -0.2) is 0 Å². The molecule has 0 aliphatic carbocycles. The molecule has 0 atom stereocenters. The van der Waals surface area contributed by atoms with E-state index in [-0.39, 0.29) is 30.8 Å². The number of rotatable bonds is 6. The number of likely N-dealkylation sites (tertiary alicyclic amines) is 1. The maximum atomic E-state index is 12.3. The van der Waals surface area contributed by atoms with Crippen LogP contribution in [0.15, 0.2) is 18.2 Å². The van der Waals surface area contributed by atoms with E-state index in [0.717, 1.165) is 19.3 Å². The van der Waals surface area contributed by atoms with Gasteiger partial charge in [-0.1, -0.05) is 18.0 Å². The summed E-state index contributed by atoms with van der Waals surface area (Å²) in [5.41, 5.74) is 0.438. The van der Waals surface area contributed by atoms with Crippen molar-refractivity contribution in [3.63, 3.8) is 0 Å². The zero-order valence-corrected chi connectivity index (χ0v) is 15.8. The minimum Gasteiger partial charge on any atom is -0.495 e. The minimum absolute atomic E-state index is 0.00244. The normalized spacial score (nSPS) is 14.6. The topological polar surface area (TPSA) is 79.0 Å². The number of carbonyl (C=O) groups is 3. The molecule has 0 bridgehead atoms. The average molecular weight is 382 g/mol. The van der Waals surface area contributed by atoms with E-state index >= 15 is 0 Å². The molecule has 1 aromatic carbocycles. The lowest BCUT2D eigenvalue weighted by atomic mass is 10.2. The summed E-state index contributed by atoms with van der Waals surface area (Å²) in [4.78, 5) is 39.4. The van der Waals surface area contributed by atoms with E-state index in [2.05, 4.69) is 5.32 Å². The Balaban J connectivity index is 1.90. The molecule has 1 fully saturated rings. The summed E-state index contributed by atoms with van der Waals surface area (Å²) in [5, 5.41) is 3.15. The molecule has 26 heavy (non-hydrogen) atoms. The van der Waals surface area contributed by atoms with Crippen molar-refractivity contribution in [2.75, 3.05) is 39.1 Å². The molecule has 3 amide bonds. The molecular formula is C18H24ClN3O4. The Morgan fingerprint density at radius 2 is 2.08 bits per heavy atom. The molecule has 1 heterocycles. The zero-order valence-electron chi connectivity index (χ0n) is 15.1. The molecule has 0 saturated carbocycles. The lowest BCUT2D eigenvalue weighted by Gasteiger charge is -2.24. The van der Waals surface area contributed by atoms with Gasteiger partial charge in [0.2, 0.25) is 17.7 Å². The van der Waals surface area contributed by atoms with E-state index in [9.17, 15) is 14.4 Å². The second-order valence-electron chi connectivity index (χ2n) is 6.27. The molecule has 0 spiro atoms. The van der Waals surface area contributed by atoms with E-state index in [1.165, 1.54) is 12.0 Å². The Morgan fingerprint density at radius 3 is 2.81 bits per heavy atom. The highest BCUT2D eigenvalue weighted by Crippen LogP contribution is 2.27. The number of benzene rings is 1. The van der Waals surface area contributed by atoms with E-state index in [1.54, 1.807) is 30.1 Å². The van der Waals surface area contributed by atoms with Crippen molar-refractivity contribution >= 4 is 35.0 Å². The Bertz CT molecular complexity index is 680. The largest absolute Gasteiger partial charge is 0.495 e. The van der Waals surface area contributed by atoms with Crippen LogP contribution in [0.1, 0.15) is 25.7 Å². The first-order valence-corrected chi connectivity index (χ1v) is 8.93. The number of hydrogen-bond acceptors (Lipinski definition) is 4. The highest BCUT2D eigenvalue weighted by Gasteiger charge is 2.22. The summed E-state index contributed by atoms with van der Waals surface area (Å²) in [7, 11) is 3.03. The van der Waals surface area contributed by atoms with Gasteiger partial charge in [0.1, 0.15) is 5.75 Å². The first-order valence-electron chi connectivity index (χ1n) is 8.56. The number of nitrogens with zero attached hydrogens (tertiary/aromatic N) is 2. The smallest absolute Gasteiger partial charge is 0.244 e. The third-order valence-electron chi connectivity index (χ3n) is 4.24. The summed E-state index contributed by atoms with van der Waals surface area (Å²) in [6, 6.07) is 4.89. The molecule has 8 heteroatoms. The van der Waals surface area contributed by atoms with Gasteiger partial charge in [-0.3, -0.25) is 14.4 Å². The molecule has 1 N–H and O–H groups in total.